The van der Waals surface area contributed by atoms with Crippen LogP contribution in [0.2, 0.25) is 0 Å². The number of allylic oxidation sites excluding steroid dienone is 3. The molecule has 4 aliphatic rings. The first-order valence-electron chi connectivity index (χ1n) is 10.3. The summed E-state index contributed by atoms with van der Waals surface area (Å²) in [5.41, 5.74) is 1.06. The van der Waals surface area contributed by atoms with Crippen LogP contribution in [0.1, 0.15) is 59.3 Å². The molecule has 0 radical (unpaired) electrons. The third-order valence-corrected chi connectivity index (χ3v) is 7.93. The lowest BCUT2D eigenvalue weighted by Gasteiger charge is -2.55. The van der Waals surface area contributed by atoms with E-state index >= 15 is 0 Å². The van der Waals surface area contributed by atoms with Gasteiger partial charge in [0, 0.05) is 17.3 Å². The molecule has 0 saturated heterocycles. The van der Waals surface area contributed by atoms with Crippen LogP contribution in [0.25, 0.3) is 0 Å². The second-order valence-corrected chi connectivity index (χ2v) is 9.01. The molecule has 5 atom stereocenters. The van der Waals surface area contributed by atoms with Crippen molar-refractivity contribution in [1.82, 2.24) is 5.32 Å². The van der Waals surface area contributed by atoms with Gasteiger partial charge < -0.3 is 4.74 Å². The number of alkyl carbamates (subject to hydrolysis) is 1. The average Bonchev–Trinajstić information content (AvgIpc) is 2.93. The van der Waals surface area contributed by atoms with Gasteiger partial charge in [0.25, 0.3) is 0 Å². The maximum absolute atomic E-state index is 12.5. The van der Waals surface area contributed by atoms with Gasteiger partial charge in [-0.1, -0.05) is 19.9 Å². The second kappa shape index (κ2) is 6.32. The van der Waals surface area contributed by atoms with Crippen LogP contribution in [0.15, 0.2) is 23.4 Å². The Bertz CT molecular complexity index is 766. The van der Waals surface area contributed by atoms with Gasteiger partial charge in [0.05, 0.1) is 12.3 Å². The van der Waals surface area contributed by atoms with E-state index in [9.17, 15) is 14.4 Å². The van der Waals surface area contributed by atoms with Crippen molar-refractivity contribution in [3.05, 3.63) is 23.4 Å². The number of rotatable bonds is 2. The molecule has 0 aromatic carbocycles. The van der Waals surface area contributed by atoms with Gasteiger partial charge in [0.1, 0.15) is 5.78 Å². The van der Waals surface area contributed by atoms with Crippen LogP contribution in [0.5, 0.6) is 0 Å². The second-order valence-electron chi connectivity index (χ2n) is 9.01. The molecule has 3 saturated carbocycles. The number of fused-ring (bicyclic) bond motifs is 5. The van der Waals surface area contributed by atoms with E-state index in [2.05, 4.69) is 25.2 Å². The molecule has 5 heteroatoms. The molecule has 4 aliphatic carbocycles. The number of nitrogens with one attached hydrogen (secondary N) is 1. The number of hydrogen-bond donors (Lipinski definition) is 1. The zero-order valence-electron chi connectivity index (χ0n) is 16.5. The van der Waals surface area contributed by atoms with Gasteiger partial charge >= 0.3 is 6.09 Å². The van der Waals surface area contributed by atoms with E-state index in [-0.39, 0.29) is 23.2 Å². The zero-order chi connectivity index (χ0) is 19.4. The van der Waals surface area contributed by atoms with Crippen molar-refractivity contribution in [3.8, 4) is 0 Å². The molecule has 0 aromatic rings. The van der Waals surface area contributed by atoms with E-state index in [0.29, 0.717) is 35.7 Å². The molecule has 0 aliphatic heterocycles. The SMILES string of the molecule is CCOC(=O)NC1=C2CC[C@@H]3[C@H](CC[C@]4(C)C(=O)CC[C@@H]34)[C@@]2(C)C=CC1=O. The van der Waals surface area contributed by atoms with Crippen molar-refractivity contribution < 1.29 is 19.1 Å². The summed E-state index contributed by atoms with van der Waals surface area (Å²) in [7, 11) is 0. The van der Waals surface area contributed by atoms with Crippen LogP contribution in [-0.2, 0) is 14.3 Å². The van der Waals surface area contributed by atoms with Crippen LogP contribution in [0.3, 0.4) is 0 Å². The Labute approximate surface area is 160 Å². The standard InChI is InChI=1S/C22H29NO4/c1-4-27-20(26)23-19-16-6-5-13-14-7-8-18(25)22(14,3)11-9-15(13)21(16,2)12-10-17(19)24/h10,12-15H,4-9,11H2,1-3H3,(H,23,26)/t13-,14-,15-,21+,22-/m0/s1. The van der Waals surface area contributed by atoms with E-state index in [1.165, 1.54) is 0 Å². The molecule has 3 fully saturated rings. The monoisotopic (exact) mass is 371 g/mol. The first-order valence-corrected chi connectivity index (χ1v) is 10.3. The maximum atomic E-state index is 12.5. The van der Waals surface area contributed by atoms with Crippen LogP contribution in [0, 0.1) is 28.6 Å². The molecular formula is C22H29NO4. The van der Waals surface area contributed by atoms with Crippen molar-refractivity contribution >= 4 is 17.7 Å². The lowest BCUT2D eigenvalue weighted by molar-refractivity contribution is -0.131. The van der Waals surface area contributed by atoms with Crippen LogP contribution >= 0.6 is 0 Å². The highest BCUT2D eigenvalue weighted by Crippen LogP contribution is 2.63. The van der Waals surface area contributed by atoms with Crippen molar-refractivity contribution in [1.29, 1.82) is 0 Å². The Morgan fingerprint density at radius 2 is 1.96 bits per heavy atom. The maximum Gasteiger partial charge on any atom is 0.411 e. The van der Waals surface area contributed by atoms with E-state index in [1.54, 1.807) is 13.0 Å². The molecule has 27 heavy (non-hydrogen) atoms. The summed E-state index contributed by atoms with van der Waals surface area (Å²) in [6.45, 7) is 6.39. The summed E-state index contributed by atoms with van der Waals surface area (Å²) in [5.74, 6) is 1.66. The van der Waals surface area contributed by atoms with E-state index in [4.69, 9.17) is 4.74 Å². The Hall–Kier alpha value is -1.91. The minimum atomic E-state index is -0.564. The summed E-state index contributed by atoms with van der Waals surface area (Å²) < 4.78 is 5.00. The zero-order valence-corrected chi connectivity index (χ0v) is 16.5. The number of hydrogen-bond acceptors (Lipinski definition) is 4. The highest BCUT2D eigenvalue weighted by Gasteiger charge is 2.59. The number of ether oxygens (including phenoxy) is 1. The number of carbonyl (C=O) groups is 3. The van der Waals surface area contributed by atoms with Crippen LogP contribution in [-0.4, -0.2) is 24.3 Å². The summed E-state index contributed by atoms with van der Waals surface area (Å²) in [5, 5.41) is 2.71. The highest BCUT2D eigenvalue weighted by atomic mass is 16.5. The predicted molar refractivity (Wildman–Crippen MR) is 101 cm³/mol. The average molecular weight is 371 g/mol. The van der Waals surface area contributed by atoms with E-state index < -0.39 is 6.09 Å². The van der Waals surface area contributed by atoms with Crippen molar-refractivity contribution in [3.63, 3.8) is 0 Å². The summed E-state index contributed by atoms with van der Waals surface area (Å²) in [6, 6.07) is 0. The smallest absolute Gasteiger partial charge is 0.411 e. The van der Waals surface area contributed by atoms with Gasteiger partial charge in [-0.3, -0.25) is 14.9 Å². The molecule has 4 rings (SSSR count). The molecule has 0 spiro atoms. The minimum absolute atomic E-state index is 0.148. The summed E-state index contributed by atoms with van der Waals surface area (Å²) >= 11 is 0. The Balaban J connectivity index is 1.68. The predicted octanol–water partition coefficient (Wildman–Crippen LogP) is 3.94. The van der Waals surface area contributed by atoms with Gasteiger partial charge in [-0.15, -0.1) is 0 Å². The topological polar surface area (TPSA) is 72.5 Å². The van der Waals surface area contributed by atoms with Crippen molar-refractivity contribution in [2.45, 2.75) is 59.3 Å². The Morgan fingerprint density at radius 1 is 1.19 bits per heavy atom. The fourth-order valence-corrected chi connectivity index (χ4v) is 6.52. The molecule has 0 aromatic heterocycles. The van der Waals surface area contributed by atoms with Crippen LogP contribution in [0.4, 0.5) is 4.79 Å². The molecule has 0 unspecified atom stereocenters. The van der Waals surface area contributed by atoms with E-state index in [0.717, 1.165) is 37.7 Å². The highest BCUT2D eigenvalue weighted by molar-refractivity contribution is 6.07. The lowest BCUT2D eigenvalue weighted by atomic mass is 9.48. The van der Waals surface area contributed by atoms with Gasteiger partial charge in [0.15, 0.2) is 0 Å². The third-order valence-electron chi connectivity index (χ3n) is 7.93. The molecule has 1 amide bonds. The quantitative estimate of drug-likeness (QED) is 0.798. The number of ketones is 2. The normalized spacial score (nSPS) is 40.3. The van der Waals surface area contributed by atoms with Crippen molar-refractivity contribution in [2.24, 2.45) is 28.6 Å². The van der Waals surface area contributed by atoms with Crippen molar-refractivity contribution in [2.75, 3.05) is 6.61 Å². The summed E-state index contributed by atoms with van der Waals surface area (Å²) in [6.07, 6.45) is 8.52. The minimum Gasteiger partial charge on any atom is -0.450 e. The Kier molecular flexibility index (Phi) is 4.32. The number of Topliss-reactive ketones (excluding diaryl/α,β-unsaturated/α-hetero) is 1. The lowest BCUT2D eigenvalue weighted by Crippen LogP contribution is -2.51. The molecule has 1 N–H and O–H groups in total. The largest absolute Gasteiger partial charge is 0.450 e. The van der Waals surface area contributed by atoms with Gasteiger partial charge in [-0.05, 0) is 68.4 Å². The Morgan fingerprint density at radius 3 is 2.70 bits per heavy atom. The van der Waals surface area contributed by atoms with Gasteiger partial charge in [-0.2, -0.15) is 0 Å². The number of amides is 1. The summed E-state index contributed by atoms with van der Waals surface area (Å²) in [4.78, 5) is 37.0. The fourth-order valence-electron chi connectivity index (χ4n) is 6.52. The van der Waals surface area contributed by atoms with Gasteiger partial charge in [-0.25, -0.2) is 4.79 Å². The van der Waals surface area contributed by atoms with Gasteiger partial charge in [0.2, 0.25) is 5.78 Å². The molecule has 5 nitrogen and oxygen atoms in total. The van der Waals surface area contributed by atoms with Crippen LogP contribution < -0.4 is 5.32 Å². The first kappa shape index (κ1) is 18.5. The third kappa shape index (κ3) is 2.61. The first-order chi connectivity index (χ1) is 12.8. The molecule has 0 heterocycles. The molecule has 146 valence electrons. The van der Waals surface area contributed by atoms with E-state index in [1.807, 2.05) is 0 Å². The molecule has 0 bridgehead atoms. The number of carbonyl (C=O) groups excluding carboxylic acids is 3. The molecular weight excluding hydrogens is 342 g/mol. The fraction of sp³-hybridized carbons (Fsp3) is 0.682.